The van der Waals surface area contributed by atoms with Gasteiger partial charge in [0.05, 0.1) is 26.4 Å². The molecule has 8 atom stereocenters. The summed E-state index contributed by atoms with van der Waals surface area (Å²) in [5.41, 5.74) is -6.36. The molecule has 10 N–H and O–H groups in total. The third-order valence-corrected chi connectivity index (χ3v) is 4.28. The van der Waals surface area contributed by atoms with Crippen LogP contribution in [0, 0.1) is 0 Å². The maximum absolute atomic E-state index is 10.7. The van der Waals surface area contributed by atoms with Crippen LogP contribution in [-0.2, 0) is 4.74 Å². The Labute approximate surface area is 131 Å². The van der Waals surface area contributed by atoms with E-state index < -0.39 is 74.3 Å². The van der Waals surface area contributed by atoms with Crippen molar-refractivity contribution in [2.24, 2.45) is 0 Å². The lowest BCUT2D eigenvalue weighted by atomic mass is 9.65. The topological polar surface area (TPSA) is 212 Å². The first-order chi connectivity index (χ1) is 10.6. The smallest absolute Gasteiger partial charge is 0.155 e. The molecule has 1 rings (SSSR count). The van der Waals surface area contributed by atoms with Crippen molar-refractivity contribution in [2.75, 3.05) is 26.4 Å². The van der Waals surface area contributed by atoms with Crippen molar-refractivity contribution in [3.63, 3.8) is 0 Å². The molecule has 1 saturated heterocycles. The van der Waals surface area contributed by atoms with Crippen LogP contribution >= 0.6 is 0 Å². The summed E-state index contributed by atoms with van der Waals surface area (Å²) in [6, 6.07) is 0. The Kier molecular flexibility index (Phi) is 6.84. The molecule has 11 nitrogen and oxygen atoms in total. The SMILES string of the molecule is OC[C@@H](O)[C@@](O)([C@H](O)[C@@H](O)CO)[C@]1(O)[C@@H](O)CO[C@H](CO)[C@@H]1O. The molecule has 0 amide bonds. The van der Waals surface area contributed by atoms with Gasteiger partial charge in [0, 0.05) is 0 Å². The Bertz CT molecular complexity index is 382. The van der Waals surface area contributed by atoms with Crippen LogP contribution in [0.15, 0.2) is 0 Å². The van der Waals surface area contributed by atoms with Gasteiger partial charge in [-0.25, -0.2) is 0 Å². The Morgan fingerprint density at radius 1 is 1.09 bits per heavy atom. The Morgan fingerprint density at radius 2 is 1.65 bits per heavy atom. The normalized spacial score (nSPS) is 38.6. The van der Waals surface area contributed by atoms with Gasteiger partial charge in [-0.1, -0.05) is 0 Å². The van der Waals surface area contributed by atoms with Crippen molar-refractivity contribution in [2.45, 2.75) is 47.8 Å². The molecular weight excluding hydrogens is 320 g/mol. The van der Waals surface area contributed by atoms with Gasteiger partial charge in [0.1, 0.15) is 36.6 Å². The van der Waals surface area contributed by atoms with Crippen molar-refractivity contribution < 1.29 is 55.8 Å². The maximum atomic E-state index is 10.7. The molecule has 0 bridgehead atoms. The summed E-state index contributed by atoms with van der Waals surface area (Å²) in [7, 11) is 0. The van der Waals surface area contributed by atoms with E-state index >= 15 is 0 Å². The molecule has 0 saturated carbocycles. The van der Waals surface area contributed by atoms with Crippen molar-refractivity contribution in [1.82, 2.24) is 0 Å². The van der Waals surface area contributed by atoms with Gasteiger partial charge in [-0.2, -0.15) is 0 Å². The van der Waals surface area contributed by atoms with Crippen molar-refractivity contribution in [3.8, 4) is 0 Å². The average Bonchev–Trinajstić information content (AvgIpc) is 2.56. The Hall–Kier alpha value is -0.440. The van der Waals surface area contributed by atoms with E-state index in [9.17, 15) is 35.7 Å². The highest BCUT2D eigenvalue weighted by Crippen LogP contribution is 2.40. The highest BCUT2D eigenvalue weighted by molar-refractivity contribution is 5.18. The van der Waals surface area contributed by atoms with Gasteiger partial charge in [-0.15, -0.1) is 0 Å². The van der Waals surface area contributed by atoms with Crippen LogP contribution in [0.1, 0.15) is 0 Å². The molecular formula is C12H24O11. The lowest BCUT2D eigenvalue weighted by Crippen LogP contribution is -2.81. The molecule has 0 spiro atoms. The highest BCUT2D eigenvalue weighted by Gasteiger charge is 2.68. The molecule has 23 heavy (non-hydrogen) atoms. The molecule has 1 aliphatic rings. The van der Waals surface area contributed by atoms with Gasteiger partial charge < -0.3 is 55.8 Å². The standard InChI is InChI=1S/C12H24O11/c13-1-5(16)9(19)11(21,7(17)3-15)12(22)8(18)4-23-6(2-14)10(12)20/h5-10,13-22H,1-4H2/t5-,6+,7+,8-,9+,10-,11+,12-/m0/s1. The predicted octanol–water partition coefficient (Wildman–Crippen LogP) is -6.37. The largest absolute Gasteiger partial charge is 0.394 e. The number of hydrogen-bond donors (Lipinski definition) is 10. The van der Waals surface area contributed by atoms with Gasteiger partial charge in [-0.3, -0.25) is 0 Å². The Balaban J connectivity index is 3.43. The molecule has 1 aliphatic heterocycles. The highest BCUT2D eigenvalue weighted by atomic mass is 16.5. The van der Waals surface area contributed by atoms with Gasteiger partial charge in [0.2, 0.25) is 0 Å². The summed E-state index contributed by atoms with van der Waals surface area (Å²) in [6.45, 7) is -3.84. The number of aliphatic hydroxyl groups is 10. The van der Waals surface area contributed by atoms with Crippen molar-refractivity contribution in [3.05, 3.63) is 0 Å². The van der Waals surface area contributed by atoms with Crippen LogP contribution in [-0.4, -0.2) is 125 Å². The predicted molar refractivity (Wildman–Crippen MR) is 70.9 cm³/mol. The fourth-order valence-electron chi connectivity index (χ4n) is 2.80. The number of aliphatic hydroxyl groups excluding tert-OH is 8. The molecule has 0 unspecified atom stereocenters. The molecule has 1 heterocycles. The molecule has 0 aromatic heterocycles. The van der Waals surface area contributed by atoms with E-state index in [0.29, 0.717) is 0 Å². The second kappa shape index (κ2) is 7.63. The third kappa shape index (κ3) is 3.10. The van der Waals surface area contributed by atoms with Crippen LogP contribution in [0.3, 0.4) is 0 Å². The average molecular weight is 344 g/mol. The molecule has 1 fully saturated rings. The van der Waals surface area contributed by atoms with Gasteiger partial charge >= 0.3 is 0 Å². The first-order valence-electron chi connectivity index (χ1n) is 6.92. The fourth-order valence-corrected chi connectivity index (χ4v) is 2.80. The lowest BCUT2D eigenvalue weighted by Gasteiger charge is -2.55. The van der Waals surface area contributed by atoms with E-state index in [1.165, 1.54) is 0 Å². The first-order valence-corrected chi connectivity index (χ1v) is 6.92. The minimum atomic E-state index is -3.26. The monoisotopic (exact) mass is 344 g/mol. The zero-order chi connectivity index (χ0) is 18.0. The summed E-state index contributed by atoms with van der Waals surface area (Å²) >= 11 is 0. The second-order valence-electron chi connectivity index (χ2n) is 5.56. The van der Waals surface area contributed by atoms with Crippen LogP contribution in [0.4, 0.5) is 0 Å². The van der Waals surface area contributed by atoms with Crippen LogP contribution < -0.4 is 0 Å². The molecule has 0 aliphatic carbocycles. The van der Waals surface area contributed by atoms with E-state index in [2.05, 4.69) is 0 Å². The van der Waals surface area contributed by atoms with Crippen molar-refractivity contribution >= 4 is 0 Å². The number of ether oxygens (including phenoxy) is 1. The Morgan fingerprint density at radius 3 is 2.09 bits per heavy atom. The molecule has 138 valence electrons. The summed E-state index contributed by atoms with van der Waals surface area (Å²) in [6.07, 6.45) is -12.6. The summed E-state index contributed by atoms with van der Waals surface area (Å²) in [4.78, 5) is 0. The minimum absolute atomic E-state index is 0.693. The van der Waals surface area contributed by atoms with Gasteiger partial charge in [-0.05, 0) is 0 Å². The molecule has 0 radical (unpaired) electrons. The summed E-state index contributed by atoms with van der Waals surface area (Å²) < 4.78 is 4.86. The third-order valence-electron chi connectivity index (χ3n) is 4.28. The van der Waals surface area contributed by atoms with E-state index in [1.807, 2.05) is 0 Å². The molecule has 0 aromatic rings. The van der Waals surface area contributed by atoms with Crippen LogP contribution in [0.2, 0.25) is 0 Å². The van der Waals surface area contributed by atoms with Gasteiger partial charge in [0.15, 0.2) is 11.2 Å². The zero-order valence-electron chi connectivity index (χ0n) is 12.2. The second-order valence-corrected chi connectivity index (χ2v) is 5.56. The summed E-state index contributed by atoms with van der Waals surface area (Å²) in [5, 5.41) is 98.0. The van der Waals surface area contributed by atoms with E-state index in [-0.39, 0.29) is 0 Å². The van der Waals surface area contributed by atoms with E-state index in [4.69, 9.17) is 20.1 Å². The quantitative estimate of drug-likeness (QED) is 0.210. The fraction of sp³-hybridized carbons (Fsp3) is 1.00. The molecule has 0 aromatic carbocycles. The minimum Gasteiger partial charge on any atom is -0.394 e. The zero-order valence-corrected chi connectivity index (χ0v) is 12.2. The van der Waals surface area contributed by atoms with Crippen LogP contribution in [0.5, 0.6) is 0 Å². The van der Waals surface area contributed by atoms with Gasteiger partial charge in [0.25, 0.3) is 0 Å². The molecule has 11 heteroatoms. The summed E-state index contributed by atoms with van der Waals surface area (Å²) in [5.74, 6) is 0. The first kappa shape index (κ1) is 20.6. The lowest BCUT2D eigenvalue weighted by molar-refractivity contribution is -0.349. The van der Waals surface area contributed by atoms with Crippen molar-refractivity contribution in [1.29, 1.82) is 0 Å². The van der Waals surface area contributed by atoms with Crippen LogP contribution in [0.25, 0.3) is 0 Å². The number of hydrogen-bond acceptors (Lipinski definition) is 11. The maximum Gasteiger partial charge on any atom is 0.155 e. The number of rotatable bonds is 7. The van der Waals surface area contributed by atoms with E-state index in [0.717, 1.165) is 0 Å². The van der Waals surface area contributed by atoms with E-state index in [1.54, 1.807) is 0 Å².